The van der Waals surface area contributed by atoms with Crippen LogP contribution in [0.25, 0.3) is 30.3 Å². The zero-order valence-electron chi connectivity index (χ0n) is 83.0. The molecule has 22 atom stereocenters. The molecule has 3 heterocycles. The number of carboxylic acid groups (broad SMARTS) is 1. The molecule has 21 aliphatic carbocycles. The molecule has 18 heteroatoms. The van der Waals surface area contributed by atoms with Crippen LogP contribution in [0.4, 0.5) is 0 Å². The SMILES string of the molecule is C.C.C.C.C.C.C.C=C.C=C1[C@@H](CC)C[C@H]2C[C@@H]1C2(C)C.CC.CC.CC.CC1(C)[C@H]2CCC(=O)[C@@H]1C2.CC1(C)[C@H]2C[C@H](CC=O)[C@@H](NC(=O)c3csc4ccccc34)[C@@H]1C2.CC1=CC[C@H]2C[C@@H]1C2(C)C.CC[C@H]1C[C@H]2C[C@@H](C1=O)C2(C)C.CC[C@H]1C[C@H]2C[C@@H]([C@@H]1N)C2(C)C.CC[C@H]1C[C@H]2C[C@@H]([C@@H]1NC(=O)c1csc3ccccc13)C2(C)C.I.O=C(O)c1csc2ccccc12.[I][V][I].[V]. The van der Waals surface area contributed by atoms with Crippen LogP contribution in [0.15, 0.2) is 126 Å². The minimum atomic E-state index is -0.854. The number of hydrogen-bond acceptors (Lipinski definition) is 10. The molecular weight excluding hydrogens is 2140 g/mol. The first-order valence-electron chi connectivity index (χ1n) is 49.0. The van der Waals surface area contributed by atoms with Gasteiger partial charge >= 0.3 is 55.4 Å². The summed E-state index contributed by atoms with van der Waals surface area (Å²) >= 11 is 9.47. The summed E-state index contributed by atoms with van der Waals surface area (Å²) in [6, 6.07) is 24.7. The van der Waals surface area contributed by atoms with Gasteiger partial charge < -0.3 is 26.3 Å². The van der Waals surface area contributed by atoms with Gasteiger partial charge in [-0.25, -0.2) is 4.79 Å². The van der Waals surface area contributed by atoms with E-state index < -0.39 is 5.97 Å². The van der Waals surface area contributed by atoms with E-state index in [1.807, 2.05) is 113 Å². The number of ketones is 2. The maximum Gasteiger partial charge on any atom is 0 e. The molecule has 10 nitrogen and oxygen atoms in total. The summed E-state index contributed by atoms with van der Waals surface area (Å²) in [7, 11) is 0.628. The third kappa shape index (κ3) is 28.4. The van der Waals surface area contributed by atoms with Crippen molar-refractivity contribution in [2.75, 3.05) is 0 Å². The average molecular weight is 2330 g/mol. The van der Waals surface area contributed by atoms with Gasteiger partial charge in [-0.2, -0.15) is 0 Å². The van der Waals surface area contributed by atoms with Crippen LogP contribution in [0.2, 0.25) is 0 Å². The second kappa shape index (κ2) is 58.0. The summed E-state index contributed by atoms with van der Waals surface area (Å²) in [4.78, 5) is 70.7. The summed E-state index contributed by atoms with van der Waals surface area (Å²) in [6.07, 6.45) is 27.6. The van der Waals surface area contributed by atoms with Crippen LogP contribution in [0, 0.1) is 150 Å². The minimum absolute atomic E-state index is 0. The van der Waals surface area contributed by atoms with Gasteiger partial charge in [-0.15, -0.1) is 71.1 Å². The van der Waals surface area contributed by atoms with E-state index in [0.29, 0.717) is 119 Å². The number of hydrogen-bond donors (Lipinski definition) is 4. The molecule has 1 radical (unpaired) electrons. The fourth-order valence-electron chi connectivity index (χ4n) is 25.8. The maximum absolute atomic E-state index is 12.9. The molecule has 3 aromatic carbocycles. The van der Waals surface area contributed by atoms with Crippen LogP contribution >= 0.6 is 97.9 Å². The number of thiophene rings is 3. The number of amides is 2. The standard InChI is InChI=1S/C20H23NO2S.C20H25NOS.C12H20.C11H21N.C11H18O.C10H16.C9H6O2S.C9H14O.3C2H6.C2H4.7CH4.3HI.2V/c1-20(2)13-9-12(7-8-22)18(16(20)10-13)21-19(23)15-11-24-17-6-4-3-5-14(15)17;1-4-12-9-13-10-16(20(13,2)3)18(12)21-19(22)15-11-23-17-8-6-5-7-14(15)17;1-5-9-6-10-7-11(8(9)2)12(10,3)4;2*1-4-7-5-8-6-9(10(7)12)11(8,2)3;1-7-4-5-8-6-9(7)10(8,2)3;10-9(11)7-5-12-8-4-2-1-3-6(7)8;1-9(2)6-3-4-8(10)7(9)5-6;4*1-2;;;;;;;;;;;;/h3-6,8,11-13,16,18H,7,9-10H2,1-2H3,(H,21,23);5-8,11-13,16,18H,4,9-10H2,1-3H3,(H,21,22);9-11H,2,5-7H2,1,3-4H3;7-10H,4-6,12H2,1-3H3;7-9H,4-6H2,1-3H3;4,8-9H,5-6H2,1-3H3;1-5H,(H,10,11);6-7H,3-5H2,1-2H3;3*1-2H3;1-2H2;7*1H4;3*1H;;/q;;;;;;;;;;;;;;;;;;;;;;;+2/p-2/t2*12-,13-,16-,18+;9-,10-,11-;7-,8-,9-,10+;7-,8-,9-;8-,9-;;6-,7-;;;;;;;;;;;;;;;;/m000000.0................/s1. The zero-order valence-corrected chi connectivity index (χ0v) is 94.9. The largest absolute Gasteiger partial charge is 0 e. The fourth-order valence-corrected chi connectivity index (χ4v) is 28.6. The van der Waals surface area contributed by atoms with Crippen LogP contribution < -0.4 is 16.4 Å². The summed E-state index contributed by atoms with van der Waals surface area (Å²) < 4.78 is 3.35. The van der Waals surface area contributed by atoms with E-state index in [4.69, 9.17) is 10.8 Å². The van der Waals surface area contributed by atoms with Gasteiger partial charge in [-0.1, -0.05) is 309 Å². The van der Waals surface area contributed by atoms with Crippen LogP contribution in [0.1, 0.15) is 385 Å². The Morgan fingerprint density at radius 1 is 0.467 bits per heavy atom. The topological polar surface area (TPSA) is 173 Å². The molecule has 21 aliphatic rings. The second-order valence-corrected chi connectivity index (χ2v) is 57.3. The van der Waals surface area contributed by atoms with Crippen molar-refractivity contribution in [1.82, 2.24) is 10.6 Å². The van der Waals surface area contributed by atoms with Gasteiger partial charge in [0, 0.05) is 114 Å². The predicted molar refractivity (Wildman–Crippen MR) is 616 cm³/mol. The van der Waals surface area contributed by atoms with Crippen LogP contribution in [0.3, 0.4) is 0 Å². The molecule has 0 aliphatic heterocycles. The number of Topliss-reactive ketones (excluding diaryl/α,β-unsaturated/α-hetero) is 2. The van der Waals surface area contributed by atoms with E-state index in [2.05, 4.69) is 220 Å². The zero-order chi connectivity index (χ0) is 93.8. The van der Waals surface area contributed by atoms with Crippen molar-refractivity contribution in [3.63, 3.8) is 0 Å². The number of nitrogens with one attached hydrogen (secondary N) is 2. The third-order valence-corrected chi connectivity index (χ3v) is 38.5. The number of benzene rings is 3. The molecule has 2 amide bonds. The van der Waals surface area contributed by atoms with Crippen molar-refractivity contribution in [1.29, 1.82) is 0 Å². The van der Waals surface area contributed by atoms with Gasteiger partial charge in [-0.05, 0) is 260 Å². The molecule has 0 saturated heterocycles. The first-order valence-corrected chi connectivity index (χ1v) is 60.6. The van der Waals surface area contributed by atoms with E-state index >= 15 is 0 Å². The number of carbonyl (C=O) groups is 6. The Morgan fingerprint density at radius 3 is 1.13 bits per heavy atom. The molecule has 135 heavy (non-hydrogen) atoms. The number of rotatable bonds is 11. The molecule has 14 bridgehead atoms. The quantitative estimate of drug-likeness (QED) is 0.0564. The van der Waals surface area contributed by atoms with Gasteiger partial charge in [0.05, 0.1) is 16.7 Å². The molecule has 768 valence electrons. The molecule has 19 saturated carbocycles. The molecular formula is C117H194I3N3O7S3V2. The predicted octanol–water partition coefficient (Wildman–Crippen LogP) is 36.4. The minimum Gasteiger partial charge on any atom is 0 e. The van der Waals surface area contributed by atoms with E-state index in [0.717, 1.165) is 134 Å². The van der Waals surface area contributed by atoms with Gasteiger partial charge in [0.1, 0.15) is 17.9 Å². The van der Waals surface area contributed by atoms with Gasteiger partial charge in [0.25, 0.3) is 11.8 Å². The summed E-state index contributed by atoms with van der Waals surface area (Å²) in [5, 5.41) is 24.1. The van der Waals surface area contributed by atoms with Crippen molar-refractivity contribution in [3.05, 3.63) is 143 Å². The second-order valence-electron chi connectivity index (χ2n) is 42.7. The van der Waals surface area contributed by atoms with Crippen LogP contribution in [-0.2, 0) is 42.4 Å². The normalized spacial score (nSPS) is 30.5. The van der Waals surface area contributed by atoms with Crippen LogP contribution in [-0.4, -0.2) is 58.9 Å². The number of halogens is 3. The Morgan fingerprint density at radius 2 is 0.807 bits per heavy atom. The van der Waals surface area contributed by atoms with Gasteiger partial charge in [0.2, 0.25) is 0 Å². The third-order valence-electron chi connectivity index (χ3n) is 35.6. The Hall–Kier alpha value is -2.50. The number of aldehydes is 1. The van der Waals surface area contributed by atoms with E-state index in [1.54, 1.807) is 39.2 Å². The Kier molecular flexibility index (Phi) is 57.8. The van der Waals surface area contributed by atoms with Gasteiger partial charge in [-0.3, -0.25) is 19.2 Å². The average Bonchev–Trinajstić information content (AvgIpc) is 1.48. The van der Waals surface area contributed by atoms with Crippen molar-refractivity contribution in [3.8, 4) is 0 Å². The number of allylic oxidation sites excluding steroid dienone is 3. The molecule has 3 aromatic heterocycles. The molecule has 0 spiro atoms. The number of fused-ring (bicyclic) bond motifs is 16. The van der Waals surface area contributed by atoms with Crippen LogP contribution in [0.5, 0.6) is 0 Å². The number of aromatic carboxylic acids is 1. The fraction of sp³-hybridized carbons (Fsp3) is 0.692. The Balaban J connectivity index is 0. The van der Waals surface area contributed by atoms with E-state index in [9.17, 15) is 28.8 Å². The van der Waals surface area contributed by atoms with Crippen molar-refractivity contribution in [2.24, 2.45) is 156 Å². The first-order chi connectivity index (χ1) is 59.7. The first kappa shape index (κ1) is 135. The Bertz CT molecular complexity index is 4600. The number of nitrogens with two attached hydrogens (primary N) is 1. The van der Waals surface area contributed by atoms with Crippen molar-refractivity contribution >= 4 is 164 Å². The van der Waals surface area contributed by atoms with Crippen molar-refractivity contribution < 1.29 is 61.9 Å². The smallest absolute Gasteiger partial charge is 0 e. The molecule has 0 unspecified atom stereocenters. The monoisotopic (exact) mass is 2330 g/mol. The molecule has 6 aromatic rings. The number of carbonyl (C=O) groups excluding carboxylic acids is 5. The maximum atomic E-state index is 12.9. The summed E-state index contributed by atoms with van der Waals surface area (Å²) in [6.45, 7) is 66.4. The van der Waals surface area contributed by atoms with E-state index in [-0.39, 0.29) is 124 Å². The van der Waals surface area contributed by atoms with Gasteiger partial charge in [0.15, 0.2) is 0 Å². The van der Waals surface area contributed by atoms with E-state index in [1.165, 1.54) is 112 Å². The molecule has 5 N–H and O–H groups in total. The molecule has 27 rings (SSSR count). The summed E-state index contributed by atoms with van der Waals surface area (Å²) in [5.41, 5.74) is 14.6. The summed E-state index contributed by atoms with van der Waals surface area (Å²) in [5.74, 6) is 14.1. The number of carboxylic acids is 1. The van der Waals surface area contributed by atoms with Crippen molar-refractivity contribution in [2.45, 2.75) is 372 Å². The molecule has 19 fully saturated rings. The Labute approximate surface area is 897 Å².